The quantitative estimate of drug-likeness (QED) is 0.423. The summed E-state index contributed by atoms with van der Waals surface area (Å²) >= 11 is 0. The third-order valence-corrected chi connectivity index (χ3v) is 4.23. The maximum atomic E-state index is 12.8. The van der Waals surface area contributed by atoms with Gasteiger partial charge in [0.15, 0.2) is 0 Å². The zero-order chi connectivity index (χ0) is 19.9. The van der Waals surface area contributed by atoms with Crippen LogP contribution in [0, 0.1) is 0 Å². The van der Waals surface area contributed by atoms with E-state index in [2.05, 4.69) is 13.2 Å². The maximum Gasteiger partial charge on any atom is 0.339 e. The second-order valence-corrected chi connectivity index (χ2v) is 6.03. The van der Waals surface area contributed by atoms with E-state index in [0.29, 0.717) is 5.56 Å². The van der Waals surface area contributed by atoms with Gasteiger partial charge in [0.25, 0.3) is 0 Å². The highest BCUT2D eigenvalue weighted by atomic mass is 16.5. The van der Waals surface area contributed by atoms with Gasteiger partial charge < -0.3 is 9.47 Å². The first-order valence-electron chi connectivity index (χ1n) is 8.84. The fourth-order valence-electron chi connectivity index (χ4n) is 3.05. The lowest BCUT2D eigenvalue weighted by molar-refractivity contribution is 0.0503. The molecular formula is C24H20O4. The molecular weight excluding hydrogens is 352 g/mol. The van der Waals surface area contributed by atoms with Gasteiger partial charge in [-0.1, -0.05) is 79.9 Å². The molecule has 0 bridgehead atoms. The minimum Gasteiger partial charge on any atom is -0.458 e. The van der Waals surface area contributed by atoms with Crippen molar-refractivity contribution in [2.45, 2.75) is 0 Å². The average molecular weight is 372 g/mol. The minimum absolute atomic E-state index is 0.0455. The number of fused-ring (bicyclic) bond motifs is 1. The number of carbonyl (C=O) groups is 2. The lowest BCUT2D eigenvalue weighted by Crippen LogP contribution is -2.15. The number of ether oxygens (including phenoxy) is 2. The Labute approximate surface area is 163 Å². The van der Waals surface area contributed by atoms with E-state index in [1.807, 2.05) is 42.5 Å². The summed E-state index contributed by atoms with van der Waals surface area (Å²) in [7, 11) is 0. The largest absolute Gasteiger partial charge is 0.458 e. The summed E-state index contributed by atoms with van der Waals surface area (Å²) in [6.45, 7) is 7.21. The van der Waals surface area contributed by atoms with Gasteiger partial charge >= 0.3 is 11.9 Å². The molecule has 0 fully saturated rings. The van der Waals surface area contributed by atoms with Gasteiger partial charge in [-0.15, -0.1) is 0 Å². The molecule has 3 rings (SSSR count). The van der Waals surface area contributed by atoms with Crippen LogP contribution in [0.5, 0.6) is 0 Å². The molecule has 0 aliphatic carbocycles. The van der Waals surface area contributed by atoms with Crippen molar-refractivity contribution in [3.8, 4) is 11.1 Å². The van der Waals surface area contributed by atoms with E-state index < -0.39 is 11.9 Å². The van der Waals surface area contributed by atoms with Gasteiger partial charge in [0.05, 0.1) is 11.1 Å². The van der Waals surface area contributed by atoms with E-state index in [4.69, 9.17) is 9.47 Å². The molecule has 0 amide bonds. The number of hydrogen-bond acceptors (Lipinski definition) is 4. The van der Waals surface area contributed by atoms with Crippen LogP contribution in [0.4, 0.5) is 0 Å². The van der Waals surface area contributed by atoms with Gasteiger partial charge in [0.2, 0.25) is 0 Å². The molecule has 0 radical (unpaired) electrons. The van der Waals surface area contributed by atoms with Crippen LogP contribution in [-0.4, -0.2) is 25.2 Å². The molecule has 3 aromatic rings. The number of hydrogen-bond donors (Lipinski definition) is 0. The third-order valence-electron chi connectivity index (χ3n) is 4.23. The van der Waals surface area contributed by atoms with Crippen molar-refractivity contribution in [1.29, 1.82) is 0 Å². The highest BCUT2D eigenvalue weighted by Crippen LogP contribution is 2.33. The normalized spacial score (nSPS) is 10.3. The second kappa shape index (κ2) is 8.82. The molecule has 0 spiro atoms. The first-order chi connectivity index (χ1) is 13.7. The van der Waals surface area contributed by atoms with Crippen LogP contribution in [0.2, 0.25) is 0 Å². The summed E-state index contributed by atoms with van der Waals surface area (Å²) in [5.41, 5.74) is 1.78. The van der Waals surface area contributed by atoms with E-state index in [9.17, 15) is 9.59 Å². The molecule has 0 aromatic heterocycles. The van der Waals surface area contributed by atoms with Crippen LogP contribution < -0.4 is 0 Å². The molecule has 0 unspecified atom stereocenters. The number of carbonyl (C=O) groups excluding carboxylic acids is 2. The predicted octanol–water partition coefficient (Wildman–Crippen LogP) is 5.19. The second-order valence-electron chi connectivity index (χ2n) is 6.03. The molecule has 0 heterocycles. The Kier molecular flexibility index (Phi) is 6.02. The van der Waals surface area contributed by atoms with Crippen molar-refractivity contribution in [3.63, 3.8) is 0 Å². The Bertz CT molecular complexity index is 1040. The van der Waals surface area contributed by atoms with Crippen molar-refractivity contribution in [1.82, 2.24) is 0 Å². The molecule has 28 heavy (non-hydrogen) atoms. The molecule has 0 saturated carbocycles. The Morgan fingerprint density at radius 3 is 2.11 bits per heavy atom. The first kappa shape index (κ1) is 19.1. The van der Waals surface area contributed by atoms with Gasteiger partial charge in [0, 0.05) is 0 Å². The molecule has 0 saturated heterocycles. The molecule has 0 atom stereocenters. The fraction of sp³-hybridized carbons (Fsp3) is 0.0833. The number of rotatable bonds is 7. The summed E-state index contributed by atoms with van der Waals surface area (Å²) in [6.07, 6.45) is 2.95. The Morgan fingerprint density at radius 1 is 0.750 bits per heavy atom. The summed E-state index contributed by atoms with van der Waals surface area (Å²) in [6, 6.07) is 18.8. The molecule has 0 aliphatic rings. The third kappa shape index (κ3) is 3.86. The summed E-state index contributed by atoms with van der Waals surface area (Å²) < 4.78 is 10.4. The number of benzene rings is 3. The molecule has 0 N–H and O–H groups in total. The Morgan fingerprint density at radius 2 is 1.36 bits per heavy atom. The monoisotopic (exact) mass is 372 g/mol. The highest BCUT2D eigenvalue weighted by Gasteiger charge is 2.24. The molecule has 4 heteroatoms. The van der Waals surface area contributed by atoms with Gasteiger partial charge in [-0.2, -0.15) is 0 Å². The van der Waals surface area contributed by atoms with Crippen LogP contribution >= 0.6 is 0 Å². The van der Waals surface area contributed by atoms with E-state index in [1.54, 1.807) is 18.2 Å². The standard InChI is InChI=1S/C24H20O4/c1-3-15-27-23(25)21-14-8-13-20(22(21)24(26)28-16-4-2)19-12-7-10-17-9-5-6-11-18(17)19/h3-14H,1-2,15-16H2. The SMILES string of the molecule is C=CCOC(=O)c1cccc(-c2cccc3ccccc23)c1C(=O)OCC=C. The van der Waals surface area contributed by atoms with Crippen LogP contribution in [0.1, 0.15) is 20.7 Å². The summed E-state index contributed by atoms with van der Waals surface area (Å²) in [5, 5.41) is 2.00. The molecule has 0 aliphatic heterocycles. The van der Waals surface area contributed by atoms with Crippen molar-refractivity contribution in [2.75, 3.05) is 13.2 Å². The molecule has 140 valence electrons. The smallest absolute Gasteiger partial charge is 0.339 e. The topological polar surface area (TPSA) is 52.6 Å². The first-order valence-corrected chi connectivity index (χ1v) is 8.84. The van der Waals surface area contributed by atoms with Crippen LogP contribution in [0.3, 0.4) is 0 Å². The zero-order valence-corrected chi connectivity index (χ0v) is 15.4. The van der Waals surface area contributed by atoms with Crippen LogP contribution in [-0.2, 0) is 9.47 Å². The van der Waals surface area contributed by atoms with Gasteiger partial charge in [0.1, 0.15) is 13.2 Å². The lowest BCUT2D eigenvalue weighted by atomic mass is 9.92. The summed E-state index contributed by atoms with van der Waals surface area (Å²) in [5.74, 6) is -1.21. The van der Waals surface area contributed by atoms with Crippen molar-refractivity contribution >= 4 is 22.7 Å². The average Bonchev–Trinajstić information content (AvgIpc) is 2.74. The maximum absolute atomic E-state index is 12.8. The molecule has 3 aromatic carbocycles. The minimum atomic E-state index is -0.604. The Balaban J connectivity index is 2.22. The highest BCUT2D eigenvalue weighted by molar-refractivity contribution is 6.10. The van der Waals surface area contributed by atoms with Gasteiger partial charge in [-0.25, -0.2) is 9.59 Å². The van der Waals surface area contributed by atoms with E-state index in [0.717, 1.165) is 16.3 Å². The number of esters is 2. The van der Waals surface area contributed by atoms with Crippen LogP contribution in [0.25, 0.3) is 21.9 Å². The fourth-order valence-corrected chi connectivity index (χ4v) is 3.05. The van der Waals surface area contributed by atoms with E-state index in [1.165, 1.54) is 12.2 Å². The van der Waals surface area contributed by atoms with Gasteiger partial charge in [-0.3, -0.25) is 0 Å². The van der Waals surface area contributed by atoms with E-state index >= 15 is 0 Å². The van der Waals surface area contributed by atoms with Gasteiger partial charge in [-0.05, 0) is 28.0 Å². The van der Waals surface area contributed by atoms with Crippen molar-refractivity contribution in [3.05, 3.63) is 97.1 Å². The van der Waals surface area contributed by atoms with Crippen LogP contribution in [0.15, 0.2) is 86.0 Å². The van der Waals surface area contributed by atoms with Crippen molar-refractivity contribution < 1.29 is 19.1 Å². The zero-order valence-electron chi connectivity index (χ0n) is 15.4. The van der Waals surface area contributed by atoms with Crippen molar-refractivity contribution in [2.24, 2.45) is 0 Å². The lowest BCUT2D eigenvalue weighted by Gasteiger charge is -2.15. The van der Waals surface area contributed by atoms with E-state index in [-0.39, 0.29) is 24.3 Å². The Hall–Kier alpha value is -3.66. The summed E-state index contributed by atoms with van der Waals surface area (Å²) in [4.78, 5) is 25.4. The molecule has 4 nitrogen and oxygen atoms in total. The predicted molar refractivity (Wildman–Crippen MR) is 110 cm³/mol.